The van der Waals surface area contributed by atoms with Gasteiger partial charge in [0.2, 0.25) is 0 Å². The van der Waals surface area contributed by atoms with Gasteiger partial charge in [-0.25, -0.2) is 0 Å². The Bertz CT molecular complexity index is 836. The number of carbonyl (C=O) groups is 1. The van der Waals surface area contributed by atoms with Gasteiger partial charge in [-0.2, -0.15) is 0 Å². The van der Waals surface area contributed by atoms with Gasteiger partial charge < -0.3 is 4.57 Å². The third-order valence-electron chi connectivity index (χ3n) is 3.48. The predicted octanol–water partition coefficient (Wildman–Crippen LogP) is 5.14. The van der Waals surface area contributed by atoms with Crippen LogP contribution in [0.25, 0.3) is 10.9 Å². The van der Waals surface area contributed by atoms with Gasteiger partial charge in [-0.1, -0.05) is 35.3 Å². The minimum atomic E-state index is 0.00701. The minimum absolute atomic E-state index is 0.00701. The molecule has 0 aliphatic rings. The van der Waals surface area contributed by atoms with E-state index in [0.29, 0.717) is 15.6 Å². The van der Waals surface area contributed by atoms with Crippen molar-refractivity contribution < 1.29 is 4.79 Å². The van der Waals surface area contributed by atoms with Gasteiger partial charge in [0, 0.05) is 17.3 Å². The van der Waals surface area contributed by atoms with Crippen molar-refractivity contribution in [2.75, 3.05) is 0 Å². The number of Topliss-reactive ketones (excluding diaryl/α,β-unsaturated/α-hetero) is 1. The van der Waals surface area contributed by atoms with E-state index < -0.39 is 0 Å². The van der Waals surface area contributed by atoms with Gasteiger partial charge in [0.05, 0.1) is 16.6 Å². The lowest BCUT2D eigenvalue weighted by atomic mass is 10.1. The van der Waals surface area contributed by atoms with Gasteiger partial charge >= 0.3 is 0 Å². The summed E-state index contributed by atoms with van der Waals surface area (Å²) in [5.41, 5.74) is 2.80. The number of halogens is 2. The van der Waals surface area contributed by atoms with E-state index in [-0.39, 0.29) is 12.3 Å². The highest BCUT2D eigenvalue weighted by Gasteiger charge is 2.10. The Kier molecular flexibility index (Phi) is 3.75. The zero-order chi connectivity index (χ0) is 15.0. The molecule has 3 aromatic rings. The molecular formula is C17H13Cl2NO. The zero-order valence-electron chi connectivity index (χ0n) is 11.4. The summed E-state index contributed by atoms with van der Waals surface area (Å²) in [5.74, 6) is 0.00701. The molecule has 0 saturated heterocycles. The van der Waals surface area contributed by atoms with Crippen LogP contribution in [0.5, 0.6) is 0 Å². The van der Waals surface area contributed by atoms with Crippen molar-refractivity contribution in [3.8, 4) is 0 Å². The van der Waals surface area contributed by atoms with Crippen LogP contribution < -0.4 is 0 Å². The molecule has 21 heavy (non-hydrogen) atoms. The van der Waals surface area contributed by atoms with Crippen LogP contribution >= 0.6 is 23.2 Å². The Hall–Kier alpha value is -1.77. The summed E-state index contributed by atoms with van der Waals surface area (Å²) in [6, 6.07) is 13.2. The first-order valence-corrected chi connectivity index (χ1v) is 7.34. The van der Waals surface area contributed by atoms with Crippen LogP contribution in [0.1, 0.15) is 15.9 Å². The number of hydrogen-bond donors (Lipinski definition) is 0. The number of aryl methyl sites for hydroxylation is 1. The second kappa shape index (κ2) is 5.55. The second-order valence-corrected chi connectivity index (χ2v) is 5.87. The van der Waals surface area contributed by atoms with Crippen LogP contribution in [-0.2, 0) is 6.54 Å². The SMILES string of the molecule is Cc1ccc2ccn(CC(=O)c3ccc(Cl)c(Cl)c3)c2c1. The van der Waals surface area contributed by atoms with E-state index in [0.717, 1.165) is 10.9 Å². The molecule has 0 saturated carbocycles. The molecule has 0 unspecified atom stereocenters. The fourth-order valence-corrected chi connectivity index (χ4v) is 2.65. The molecule has 1 heterocycles. The first-order valence-electron chi connectivity index (χ1n) is 6.58. The van der Waals surface area contributed by atoms with Crippen LogP contribution in [0.15, 0.2) is 48.7 Å². The number of rotatable bonds is 3. The Labute approximate surface area is 132 Å². The lowest BCUT2D eigenvalue weighted by molar-refractivity contribution is 0.0973. The van der Waals surface area contributed by atoms with Crippen LogP contribution in [-0.4, -0.2) is 10.4 Å². The maximum atomic E-state index is 12.4. The molecule has 0 amide bonds. The van der Waals surface area contributed by atoms with Crippen molar-refractivity contribution in [3.63, 3.8) is 0 Å². The number of carbonyl (C=O) groups excluding carboxylic acids is 1. The largest absolute Gasteiger partial charge is 0.340 e. The number of fused-ring (bicyclic) bond motifs is 1. The Balaban J connectivity index is 1.92. The van der Waals surface area contributed by atoms with Gasteiger partial charge in [-0.3, -0.25) is 4.79 Å². The average molecular weight is 318 g/mol. The molecule has 0 aliphatic carbocycles. The first-order chi connectivity index (χ1) is 10.0. The topological polar surface area (TPSA) is 22.0 Å². The standard InChI is InChI=1S/C17H13Cl2NO/c1-11-2-3-12-6-7-20(16(12)8-11)10-17(21)13-4-5-14(18)15(19)9-13/h2-9H,10H2,1H3. The number of benzene rings is 2. The molecule has 0 radical (unpaired) electrons. The lowest BCUT2D eigenvalue weighted by Crippen LogP contribution is -2.09. The van der Waals surface area contributed by atoms with E-state index in [4.69, 9.17) is 23.2 Å². The normalized spacial score (nSPS) is 11.0. The van der Waals surface area contributed by atoms with Crippen LogP contribution in [0.4, 0.5) is 0 Å². The summed E-state index contributed by atoms with van der Waals surface area (Å²) in [6.45, 7) is 2.32. The van der Waals surface area contributed by atoms with Gasteiger partial charge in [0.15, 0.2) is 5.78 Å². The minimum Gasteiger partial charge on any atom is -0.340 e. The van der Waals surface area contributed by atoms with Gasteiger partial charge in [-0.15, -0.1) is 0 Å². The molecule has 0 spiro atoms. The van der Waals surface area contributed by atoms with Crippen molar-refractivity contribution in [3.05, 3.63) is 69.8 Å². The molecular weight excluding hydrogens is 305 g/mol. The summed E-state index contributed by atoms with van der Waals surface area (Å²) < 4.78 is 1.95. The predicted molar refractivity (Wildman–Crippen MR) is 87.5 cm³/mol. The fraction of sp³-hybridized carbons (Fsp3) is 0.118. The molecule has 0 bridgehead atoms. The summed E-state index contributed by atoms with van der Waals surface area (Å²) in [7, 11) is 0. The van der Waals surface area contributed by atoms with Crippen molar-refractivity contribution in [1.82, 2.24) is 4.57 Å². The molecule has 0 fully saturated rings. The average Bonchev–Trinajstić information content (AvgIpc) is 2.84. The molecule has 106 valence electrons. The van der Waals surface area contributed by atoms with Gasteiger partial charge in [0.25, 0.3) is 0 Å². The molecule has 2 aromatic carbocycles. The Morgan fingerprint density at radius 2 is 1.86 bits per heavy atom. The van der Waals surface area contributed by atoms with E-state index in [1.807, 2.05) is 23.8 Å². The van der Waals surface area contributed by atoms with Crippen LogP contribution in [0, 0.1) is 6.92 Å². The molecule has 1 aromatic heterocycles. The van der Waals surface area contributed by atoms with E-state index in [2.05, 4.69) is 18.2 Å². The maximum absolute atomic E-state index is 12.4. The molecule has 0 N–H and O–H groups in total. The van der Waals surface area contributed by atoms with Crippen LogP contribution in [0.2, 0.25) is 10.0 Å². The third kappa shape index (κ3) is 2.82. The van der Waals surface area contributed by atoms with E-state index >= 15 is 0 Å². The quantitative estimate of drug-likeness (QED) is 0.613. The Morgan fingerprint density at radius 3 is 2.62 bits per heavy atom. The lowest BCUT2D eigenvalue weighted by Gasteiger charge is -2.06. The molecule has 2 nitrogen and oxygen atoms in total. The fourth-order valence-electron chi connectivity index (χ4n) is 2.35. The highest BCUT2D eigenvalue weighted by atomic mass is 35.5. The number of aromatic nitrogens is 1. The molecule has 3 rings (SSSR count). The number of hydrogen-bond acceptors (Lipinski definition) is 1. The third-order valence-corrected chi connectivity index (χ3v) is 4.22. The van der Waals surface area contributed by atoms with Crippen LogP contribution in [0.3, 0.4) is 0 Å². The van der Waals surface area contributed by atoms with Crippen molar-refractivity contribution in [2.24, 2.45) is 0 Å². The molecule has 0 aliphatic heterocycles. The van der Waals surface area contributed by atoms with Gasteiger partial charge in [0.1, 0.15) is 0 Å². The summed E-state index contributed by atoms with van der Waals surface area (Å²) in [5, 5.41) is 1.98. The molecule has 4 heteroatoms. The number of ketones is 1. The van der Waals surface area contributed by atoms with E-state index in [1.54, 1.807) is 18.2 Å². The number of nitrogens with zero attached hydrogens (tertiary/aromatic N) is 1. The Morgan fingerprint density at radius 1 is 1.05 bits per heavy atom. The first kappa shape index (κ1) is 14.2. The molecule has 0 atom stereocenters. The van der Waals surface area contributed by atoms with Crippen molar-refractivity contribution >= 4 is 39.9 Å². The highest BCUT2D eigenvalue weighted by molar-refractivity contribution is 6.42. The van der Waals surface area contributed by atoms with E-state index in [1.165, 1.54) is 5.56 Å². The van der Waals surface area contributed by atoms with Gasteiger partial charge in [-0.05, 0) is 48.2 Å². The smallest absolute Gasteiger partial charge is 0.182 e. The summed E-state index contributed by atoms with van der Waals surface area (Å²) in [4.78, 5) is 12.4. The monoisotopic (exact) mass is 317 g/mol. The second-order valence-electron chi connectivity index (χ2n) is 5.06. The van der Waals surface area contributed by atoms with E-state index in [9.17, 15) is 4.79 Å². The van der Waals surface area contributed by atoms with Crippen molar-refractivity contribution in [2.45, 2.75) is 13.5 Å². The summed E-state index contributed by atoms with van der Waals surface area (Å²) >= 11 is 11.8. The maximum Gasteiger partial charge on any atom is 0.182 e. The van der Waals surface area contributed by atoms with Crippen molar-refractivity contribution in [1.29, 1.82) is 0 Å². The highest BCUT2D eigenvalue weighted by Crippen LogP contribution is 2.23. The zero-order valence-corrected chi connectivity index (χ0v) is 12.9. The summed E-state index contributed by atoms with van der Waals surface area (Å²) in [6.07, 6.45) is 1.93.